The van der Waals surface area contributed by atoms with Gasteiger partial charge < -0.3 is 14.8 Å². The molecule has 3 rings (SSSR count). The van der Waals surface area contributed by atoms with Crippen molar-refractivity contribution in [1.29, 1.82) is 0 Å². The Morgan fingerprint density at radius 3 is 2.87 bits per heavy atom. The standard InChI is InChI=1S/C19H22N2O2/c1-22-17-8-7-14(18(12-17)23-2)11-15-5-4-10-21-19(15)16-6-3-9-20-13-16/h3,6-9,11-13,19,21H,4-5,10H2,1-2H3/b15-11-. The third-order valence-corrected chi connectivity index (χ3v) is 4.16. The minimum absolute atomic E-state index is 0.212. The number of nitrogens with zero attached hydrogens (tertiary/aromatic N) is 1. The van der Waals surface area contributed by atoms with Crippen molar-refractivity contribution in [2.45, 2.75) is 18.9 Å². The summed E-state index contributed by atoms with van der Waals surface area (Å²) in [4.78, 5) is 4.25. The third kappa shape index (κ3) is 3.54. The molecule has 1 aromatic carbocycles. The molecule has 2 aromatic rings. The minimum Gasteiger partial charge on any atom is -0.497 e. The van der Waals surface area contributed by atoms with E-state index < -0.39 is 0 Å². The average molecular weight is 310 g/mol. The molecule has 1 aliphatic rings. The van der Waals surface area contributed by atoms with E-state index >= 15 is 0 Å². The van der Waals surface area contributed by atoms with E-state index in [2.05, 4.69) is 22.4 Å². The van der Waals surface area contributed by atoms with Gasteiger partial charge in [-0.2, -0.15) is 0 Å². The van der Waals surface area contributed by atoms with Crippen LogP contribution in [0.2, 0.25) is 0 Å². The molecular formula is C19H22N2O2. The van der Waals surface area contributed by atoms with Crippen molar-refractivity contribution in [3.63, 3.8) is 0 Å². The molecule has 23 heavy (non-hydrogen) atoms. The van der Waals surface area contributed by atoms with Crippen LogP contribution in [0.3, 0.4) is 0 Å². The summed E-state index contributed by atoms with van der Waals surface area (Å²) in [6, 6.07) is 10.2. The number of nitrogens with one attached hydrogen (secondary N) is 1. The maximum absolute atomic E-state index is 5.51. The molecule has 1 fully saturated rings. The smallest absolute Gasteiger partial charge is 0.129 e. The Morgan fingerprint density at radius 1 is 1.22 bits per heavy atom. The van der Waals surface area contributed by atoms with Crippen molar-refractivity contribution in [3.8, 4) is 11.5 Å². The Hall–Kier alpha value is -2.33. The van der Waals surface area contributed by atoms with Gasteiger partial charge in [-0.1, -0.05) is 12.1 Å². The molecule has 1 aliphatic heterocycles. The van der Waals surface area contributed by atoms with Crippen LogP contribution in [0, 0.1) is 0 Å². The maximum atomic E-state index is 5.51. The summed E-state index contributed by atoms with van der Waals surface area (Å²) in [5, 5.41) is 3.59. The molecule has 1 aromatic heterocycles. The second-order valence-electron chi connectivity index (χ2n) is 5.60. The number of aromatic nitrogens is 1. The van der Waals surface area contributed by atoms with Gasteiger partial charge in [0.15, 0.2) is 0 Å². The van der Waals surface area contributed by atoms with Gasteiger partial charge >= 0.3 is 0 Å². The lowest BCUT2D eigenvalue weighted by molar-refractivity contribution is 0.393. The van der Waals surface area contributed by atoms with Gasteiger partial charge in [-0.15, -0.1) is 0 Å². The zero-order chi connectivity index (χ0) is 16.1. The molecule has 1 atom stereocenters. The topological polar surface area (TPSA) is 43.4 Å². The van der Waals surface area contributed by atoms with Crippen LogP contribution in [0.25, 0.3) is 6.08 Å². The summed E-state index contributed by atoms with van der Waals surface area (Å²) >= 11 is 0. The second kappa shape index (κ2) is 7.29. The predicted octanol–water partition coefficient (Wildman–Crippen LogP) is 3.61. The quantitative estimate of drug-likeness (QED) is 0.937. The van der Waals surface area contributed by atoms with Crippen LogP contribution in [0.15, 0.2) is 48.3 Å². The van der Waals surface area contributed by atoms with E-state index in [0.717, 1.165) is 36.4 Å². The highest BCUT2D eigenvalue weighted by atomic mass is 16.5. The van der Waals surface area contributed by atoms with Crippen LogP contribution in [0.1, 0.15) is 30.0 Å². The summed E-state index contributed by atoms with van der Waals surface area (Å²) in [5.74, 6) is 1.63. The Bertz CT molecular complexity index is 683. The zero-order valence-corrected chi connectivity index (χ0v) is 13.6. The average Bonchev–Trinajstić information content (AvgIpc) is 2.63. The van der Waals surface area contributed by atoms with Crippen molar-refractivity contribution < 1.29 is 9.47 Å². The maximum Gasteiger partial charge on any atom is 0.129 e. The molecule has 4 nitrogen and oxygen atoms in total. The van der Waals surface area contributed by atoms with Crippen LogP contribution in [0.5, 0.6) is 11.5 Å². The van der Waals surface area contributed by atoms with E-state index in [-0.39, 0.29) is 6.04 Å². The van der Waals surface area contributed by atoms with Crippen LogP contribution < -0.4 is 14.8 Å². The lowest BCUT2D eigenvalue weighted by Gasteiger charge is -2.27. The molecule has 0 saturated carbocycles. The van der Waals surface area contributed by atoms with Crippen molar-refractivity contribution in [2.24, 2.45) is 0 Å². The Kier molecular flexibility index (Phi) is 4.93. The molecule has 2 heterocycles. The number of benzene rings is 1. The van der Waals surface area contributed by atoms with Gasteiger partial charge in [-0.3, -0.25) is 4.98 Å². The van der Waals surface area contributed by atoms with Crippen molar-refractivity contribution in [3.05, 3.63) is 59.4 Å². The number of hydrogen-bond acceptors (Lipinski definition) is 4. The van der Waals surface area contributed by atoms with Crippen LogP contribution in [-0.4, -0.2) is 25.7 Å². The molecule has 0 spiro atoms. The first-order valence-electron chi connectivity index (χ1n) is 7.87. The van der Waals surface area contributed by atoms with Crippen LogP contribution in [-0.2, 0) is 0 Å². The highest BCUT2D eigenvalue weighted by Gasteiger charge is 2.20. The van der Waals surface area contributed by atoms with Gasteiger partial charge in [0.05, 0.1) is 20.3 Å². The molecule has 0 bridgehead atoms. The Balaban J connectivity index is 1.96. The Morgan fingerprint density at radius 2 is 2.13 bits per heavy atom. The zero-order valence-electron chi connectivity index (χ0n) is 13.6. The van der Waals surface area contributed by atoms with Gasteiger partial charge in [-0.05, 0) is 48.7 Å². The minimum atomic E-state index is 0.212. The molecule has 0 amide bonds. The fourth-order valence-electron chi connectivity index (χ4n) is 2.99. The molecular weight excluding hydrogens is 288 g/mol. The van der Waals surface area contributed by atoms with Crippen LogP contribution in [0.4, 0.5) is 0 Å². The number of hydrogen-bond donors (Lipinski definition) is 1. The van der Waals surface area contributed by atoms with Crippen molar-refractivity contribution in [1.82, 2.24) is 10.3 Å². The molecule has 1 unspecified atom stereocenters. The highest BCUT2D eigenvalue weighted by molar-refractivity contribution is 5.63. The number of methoxy groups -OCH3 is 2. The lowest BCUT2D eigenvalue weighted by Crippen LogP contribution is -2.28. The number of rotatable bonds is 4. The van der Waals surface area contributed by atoms with Gasteiger partial charge in [0.1, 0.15) is 11.5 Å². The second-order valence-corrected chi connectivity index (χ2v) is 5.60. The molecule has 0 radical (unpaired) electrons. The normalized spacial score (nSPS) is 19.6. The first-order chi connectivity index (χ1) is 11.3. The van der Waals surface area contributed by atoms with Gasteiger partial charge in [0.25, 0.3) is 0 Å². The van der Waals surface area contributed by atoms with E-state index in [0.29, 0.717) is 0 Å². The van der Waals surface area contributed by atoms with E-state index in [4.69, 9.17) is 9.47 Å². The number of ether oxygens (including phenoxy) is 2. The van der Waals surface area contributed by atoms with Gasteiger partial charge in [0, 0.05) is 24.0 Å². The summed E-state index contributed by atoms with van der Waals surface area (Å²) in [6.45, 7) is 1.02. The predicted molar refractivity (Wildman–Crippen MR) is 91.7 cm³/mol. The largest absolute Gasteiger partial charge is 0.497 e. The number of piperidine rings is 1. The highest BCUT2D eigenvalue weighted by Crippen LogP contribution is 2.33. The van der Waals surface area contributed by atoms with E-state index in [1.807, 2.05) is 36.7 Å². The SMILES string of the molecule is COc1ccc(/C=C2/CCCNC2c2cccnc2)c(OC)c1. The first kappa shape index (κ1) is 15.6. The Labute approximate surface area is 137 Å². The summed E-state index contributed by atoms with van der Waals surface area (Å²) in [6.07, 6.45) is 8.18. The van der Waals surface area contributed by atoms with Gasteiger partial charge in [0.2, 0.25) is 0 Å². The van der Waals surface area contributed by atoms with Gasteiger partial charge in [-0.25, -0.2) is 0 Å². The summed E-state index contributed by atoms with van der Waals surface area (Å²) < 4.78 is 10.8. The monoisotopic (exact) mass is 310 g/mol. The molecule has 120 valence electrons. The third-order valence-electron chi connectivity index (χ3n) is 4.16. The molecule has 1 N–H and O–H groups in total. The van der Waals surface area contributed by atoms with E-state index in [1.165, 1.54) is 11.1 Å². The summed E-state index contributed by atoms with van der Waals surface area (Å²) in [5.41, 5.74) is 3.62. The van der Waals surface area contributed by atoms with E-state index in [9.17, 15) is 0 Å². The fraction of sp³-hybridized carbons (Fsp3) is 0.316. The van der Waals surface area contributed by atoms with Crippen molar-refractivity contribution in [2.75, 3.05) is 20.8 Å². The van der Waals surface area contributed by atoms with Crippen LogP contribution >= 0.6 is 0 Å². The summed E-state index contributed by atoms with van der Waals surface area (Å²) in [7, 11) is 3.35. The number of pyridine rings is 1. The van der Waals surface area contributed by atoms with Crippen molar-refractivity contribution >= 4 is 6.08 Å². The first-order valence-corrected chi connectivity index (χ1v) is 7.87. The van der Waals surface area contributed by atoms with E-state index in [1.54, 1.807) is 14.2 Å². The molecule has 4 heteroatoms. The molecule has 0 aliphatic carbocycles. The fourth-order valence-corrected chi connectivity index (χ4v) is 2.99. The molecule has 1 saturated heterocycles. The lowest BCUT2D eigenvalue weighted by atomic mass is 9.91.